The molecule has 0 unspecified atom stereocenters. The van der Waals surface area contributed by atoms with Crippen molar-refractivity contribution in [3.05, 3.63) is 76.2 Å². The number of carbonyl (C=O) groups excluding carboxylic acids is 1. The second-order valence-corrected chi connectivity index (χ2v) is 7.59. The second-order valence-electron chi connectivity index (χ2n) is 7.59. The van der Waals surface area contributed by atoms with Gasteiger partial charge in [-0.2, -0.15) is 10.4 Å². The molecule has 0 fully saturated rings. The van der Waals surface area contributed by atoms with Crippen LogP contribution in [0.1, 0.15) is 40.8 Å². The maximum Gasteiger partial charge on any atom is 0.220 e. The van der Waals surface area contributed by atoms with Crippen LogP contribution in [0, 0.1) is 31.0 Å². The van der Waals surface area contributed by atoms with Crippen molar-refractivity contribution in [2.24, 2.45) is 0 Å². The number of hydrogen-bond donors (Lipinski definition) is 2. The largest absolute Gasteiger partial charge is 0.382 e. The zero-order valence-electron chi connectivity index (χ0n) is 17.8. The van der Waals surface area contributed by atoms with E-state index in [-0.39, 0.29) is 17.5 Å². The smallest absolute Gasteiger partial charge is 0.220 e. The number of aromatic nitrogens is 2. The number of nitriles is 1. The molecule has 1 amide bonds. The first-order chi connectivity index (χ1) is 14.9. The fourth-order valence-electron chi connectivity index (χ4n) is 3.50. The van der Waals surface area contributed by atoms with E-state index in [0.717, 1.165) is 0 Å². The molecule has 0 saturated heterocycles. The molecule has 0 aliphatic carbocycles. The number of benzene rings is 2. The number of halogens is 1. The van der Waals surface area contributed by atoms with Gasteiger partial charge in [0.15, 0.2) is 0 Å². The van der Waals surface area contributed by atoms with Gasteiger partial charge in [0, 0.05) is 13.0 Å². The van der Waals surface area contributed by atoms with Crippen LogP contribution in [0.5, 0.6) is 0 Å². The van der Waals surface area contributed by atoms with E-state index in [9.17, 15) is 14.4 Å². The van der Waals surface area contributed by atoms with Crippen LogP contribution in [-0.4, -0.2) is 22.2 Å². The molecule has 31 heavy (non-hydrogen) atoms. The fourth-order valence-corrected chi connectivity index (χ4v) is 3.50. The van der Waals surface area contributed by atoms with Crippen molar-refractivity contribution in [2.45, 2.75) is 39.5 Å². The van der Waals surface area contributed by atoms with E-state index in [0.29, 0.717) is 49.2 Å². The first kappa shape index (κ1) is 22.0. The Morgan fingerprint density at radius 1 is 1.19 bits per heavy atom. The molecule has 2 aromatic carbocycles. The zero-order chi connectivity index (χ0) is 22.4. The third-order valence-corrected chi connectivity index (χ3v) is 5.21. The molecule has 1 heterocycles. The molecule has 160 valence electrons. The van der Waals surface area contributed by atoms with E-state index < -0.39 is 0 Å². The lowest BCUT2D eigenvalue weighted by Gasteiger charge is -2.08. The van der Waals surface area contributed by atoms with Crippen LogP contribution in [-0.2, 0) is 17.6 Å². The summed E-state index contributed by atoms with van der Waals surface area (Å²) < 4.78 is 14.6. The Kier molecular flexibility index (Phi) is 7.03. The van der Waals surface area contributed by atoms with Crippen LogP contribution in [0.25, 0.3) is 5.69 Å². The summed E-state index contributed by atoms with van der Waals surface area (Å²) in [5, 5.41) is 16.8. The minimum absolute atomic E-state index is 0.00293. The summed E-state index contributed by atoms with van der Waals surface area (Å²) >= 11 is 0. The van der Waals surface area contributed by atoms with Crippen LogP contribution in [0.3, 0.4) is 0 Å². The summed E-state index contributed by atoms with van der Waals surface area (Å²) in [6.45, 7) is 4.60. The molecule has 0 saturated carbocycles. The molecular weight excluding hydrogens is 393 g/mol. The number of carbonyl (C=O) groups is 1. The van der Waals surface area contributed by atoms with E-state index in [1.165, 1.54) is 33.5 Å². The van der Waals surface area contributed by atoms with E-state index in [1.54, 1.807) is 12.1 Å². The maximum absolute atomic E-state index is 13.2. The second kappa shape index (κ2) is 9.90. The number of anilines is 1. The first-order valence-corrected chi connectivity index (χ1v) is 10.2. The standard InChI is InChI=1S/C24H26FN5O/c1-16-5-6-18(17(2)14-16)7-12-23(31)28-13-3-4-22-21(15-26)24(27)30(29-22)20-10-8-19(25)9-11-20/h5-6,8-11,14H,3-4,7,12-13,27H2,1-2H3,(H,28,31). The number of nitrogens with two attached hydrogens (primary N) is 1. The van der Waals surface area contributed by atoms with Gasteiger partial charge in [0.1, 0.15) is 23.3 Å². The lowest BCUT2D eigenvalue weighted by molar-refractivity contribution is -0.121. The highest BCUT2D eigenvalue weighted by atomic mass is 19.1. The van der Waals surface area contributed by atoms with Crippen LogP contribution < -0.4 is 11.1 Å². The highest BCUT2D eigenvalue weighted by Crippen LogP contribution is 2.21. The normalized spacial score (nSPS) is 10.6. The summed E-state index contributed by atoms with van der Waals surface area (Å²) in [6.07, 6.45) is 2.26. The van der Waals surface area contributed by atoms with Crippen molar-refractivity contribution in [2.75, 3.05) is 12.3 Å². The summed E-state index contributed by atoms with van der Waals surface area (Å²) in [4.78, 5) is 12.2. The van der Waals surface area contributed by atoms with Gasteiger partial charge in [-0.15, -0.1) is 0 Å². The predicted molar refractivity (Wildman–Crippen MR) is 118 cm³/mol. The Bertz CT molecular complexity index is 1110. The average molecular weight is 420 g/mol. The van der Waals surface area contributed by atoms with Gasteiger partial charge in [-0.3, -0.25) is 4.79 Å². The monoisotopic (exact) mass is 419 g/mol. The van der Waals surface area contributed by atoms with Crippen molar-refractivity contribution in [3.63, 3.8) is 0 Å². The molecule has 0 spiro atoms. The third kappa shape index (κ3) is 5.48. The van der Waals surface area contributed by atoms with Crippen LogP contribution in [0.4, 0.5) is 10.2 Å². The summed E-state index contributed by atoms with van der Waals surface area (Å²) in [7, 11) is 0. The molecular formula is C24H26FN5O. The van der Waals surface area contributed by atoms with Crippen LogP contribution >= 0.6 is 0 Å². The zero-order valence-corrected chi connectivity index (χ0v) is 17.8. The van der Waals surface area contributed by atoms with Gasteiger partial charge in [-0.05, 0) is 68.5 Å². The van der Waals surface area contributed by atoms with Gasteiger partial charge in [0.05, 0.1) is 11.4 Å². The van der Waals surface area contributed by atoms with E-state index in [1.807, 2.05) is 0 Å². The first-order valence-electron chi connectivity index (χ1n) is 10.2. The molecule has 7 heteroatoms. The highest BCUT2D eigenvalue weighted by Gasteiger charge is 2.16. The van der Waals surface area contributed by atoms with Gasteiger partial charge in [-0.25, -0.2) is 9.07 Å². The average Bonchev–Trinajstić information content (AvgIpc) is 3.06. The molecule has 0 atom stereocenters. The van der Waals surface area contributed by atoms with Crippen molar-refractivity contribution in [3.8, 4) is 11.8 Å². The lowest BCUT2D eigenvalue weighted by atomic mass is 10.0. The van der Waals surface area contributed by atoms with Crippen molar-refractivity contribution >= 4 is 11.7 Å². The third-order valence-electron chi connectivity index (χ3n) is 5.21. The van der Waals surface area contributed by atoms with Gasteiger partial charge < -0.3 is 11.1 Å². The number of nitrogens with zero attached hydrogens (tertiary/aromatic N) is 3. The van der Waals surface area contributed by atoms with Gasteiger partial charge in [0.2, 0.25) is 5.91 Å². The number of hydrogen-bond acceptors (Lipinski definition) is 4. The number of rotatable bonds is 8. The molecule has 3 aromatic rings. The summed E-state index contributed by atoms with van der Waals surface area (Å²) in [5.41, 5.74) is 11.1. The van der Waals surface area contributed by atoms with Gasteiger partial charge >= 0.3 is 0 Å². The molecule has 1 aromatic heterocycles. The number of nitrogens with one attached hydrogen (secondary N) is 1. The maximum atomic E-state index is 13.2. The molecule has 0 aliphatic heterocycles. The number of amides is 1. The minimum atomic E-state index is -0.358. The molecule has 3 rings (SSSR count). The van der Waals surface area contributed by atoms with Crippen LogP contribution in [0.15, 0.2) is 42.5 Å². The lowest BCUT2D eigenvalue weighted by Crippen LogP contribution is -2.25. The Hall–Kier alpha value is -3.66. The quantitative estimate of drug-likeness (QED) is 0.543. The molecule has 3 N–H and O–H groups in total. The summed E-state index contributed by atoms with van der Waals surface area (Å²) in [6, 6.07) is 14.1. The van der Waals surface area contributed by atoms with E-state index in [4.69, 9.17) is 5.73 Å². The Labute approximate surface area is 181 Å². The molecule has 0 aliphatic rings. The number of aryl methyl sites for hydroxylation is 4. The predicted octanol–water partition coefficient (Wildman–Crippen LogP) is 3.76. The van der Waals surface area contributed by atoms with Gasteiger partial charge in [0.25, 0.3) is 0 Å². The van der Waals surface area contributed by atoms with E-state index in [2.05, 4.69) is 48.5 Å². The SMILES string of the molecule is Cc1ccc(CCC(=O)NCCCc2nn(-c3ccc(F)cc3)c(N)c2C#N)c(C)c1. The Balaban J connectivity index is 1.52. The van der Waals surface area contributed by atoms with Gasteiger partial charge in [-0.1, -0.05) is 23.8 Å². The minimum Gasteiger partial charge on any atom is -0.382 e. The van der Waals surface area contributed by atoms with Crippen molar-refractivity contribution in [1.29, 1.82) is 5.26 Å². The van der Waals surface area contributed by atoms with E-state index >= 15 is 0 Å². The summed E-state index contributed by atoms with van der Waals surface area (Å²) in [5.74, 6) is -0.137. The van der Waals surface area contributed by atoms with Crippen LogP contribution in [0.2, 0.25) is 0 Å². The Morgan fingerprint density at radius 3 is 2.61 bits per heavy atom. The molecule has 0 bridgehead atoms. The highest BCUT2D eigenvalue weighted by molar-refractivity contribution is 5.76. The molecule has 6 nitrogen and oxygen atoms in total. The number of nitrogen functional groups attached to an aromatic ring is 1. The topological polar surface area (TPSA) is 96.7 Å². The van der Waals surface area contributed by atoms with Crippen molar-refractivity contribution in [1.82, 2.24) is 15.1 Å². The Morgan fingerprint density at radius 2 is 1.94 bits per heavy atom. The van der Waals surface area contributed by atoms with Crippen molar-refractivity contribution < 1.29 is 9.18 Å². The fraction of sp³-hybridized carbons (Fsp3) is 0.292. The molecule has 0 radical (unpaired) electrons.